The summed E-state index contributed by atoms with van der Waals surface area (Å²) < 4.78 is 14.8. The monoisotopic (exact) mass is 185 g/mol. The van der Waals surface area contributed by atoms with Gasteiger partial charge in [0.1, 0.15) is 6.26 Å². The number of hydrogen-bond acceptors (Lipinski definition) is 4. The predicted molar refractivity (Wildman–Crippen MR) is 47.5 cm³/mol. The van der Waals surface area contributed by atoms with E-state index in [0.29, 0.717) is 13.2 Å². The number of nitrogens with zero attached hydrogens (tertiary/aromatic N) is 1. The molecule has 0 aromatic carbocycles. The summed E-state index contributed by atoms with van der Waals surface area (Å²) >= 11 is 0. The molecule has 0 radical (unpaired) electrons. The molecule has 0 saturated heterocycles. The number of methoxy groups -OCH3 is 1. The second kappa shape index (κ2) is 6.62. The first-order chi connectivity index (χ1) is 6.43. The van der Waals surface area contributed by atoms with Crippen LogP contribution in [0.25, 0.3) is 0 Å². The van der Waals surface area contributed by atoms with Crippen LogP contribution < -0.4 is 0 Å². The molecule has 0 aliphatic carbocycles. The van der Waals surface area contributed by atoms with Gasteiger partial charge in [-0.1, -0.05) is 5.16 Å². The van der Waals surface area contributed by atoms with E-state index in [1.54, 1.807) is 13.4 Å². The molecule has 13 heavy (non-hydrogen) atoms. The fraction of sp³-hybridized carbons (Fsp3) is 0.667. The third-order valence-electron chi connectivity index (χ3n) is 1.64. The highest BCUT2D eigenvalue weighted by Crippen LogP contribution is 1.98. The van der Waals surface area contributed by atoms with E-state index in [1.807, 2.05) is 6.07 Å². The minimum atomic E-state index is 0.657. The number of aromatic nitrogens is 1. The van der Waals surface area contributed by atoms with Crippen LogP contribution in [0.5, 0.6) is 0 Å². The highest BCUT2D eigenvalue weighted by Gasteiger charge is 1.95. The summed E-state index contributed by atoms with van der Waals surface area (Å²) in [4.78, 5) is 0. The maximum Gasteiger partial charge on any atom is 0.124 e. The van der Waals surface area contributed by atoms with E-state index < -0.39 is 0 Å². The van der Waals surface area contributed by atoms with E-state index in [9.17, 15) is 0 Å². The molecule has 1 aromatic rings. The van der Waals surface area contributed by atoms with E-state index in [2.05, 4.69) is 5.16 Å². The summed E-state index contributed by atoms with van der Waals surface area (Å²) in [6.45, 7) is 2.06. The van der Waals surface area contributed by atoms with Crippen LogP contribution in [0.15, 0.2) is 16.9 Å². The van der Waals surface area contributed by atoms with Gasteiger partial charge in [0.05, 0.1) is 18.9 Å². The Labute approximate surface area is 77.8 Å². The predicted octanol–water partition coefficient (Wildman–Crippen LogP) is 1.27. The molecule has 0 bridgehead atoms. The minimum absolute atomic E-state index is 0.657. The SMILES string of the molecule is COCCOCCCc1ccon1. The lowest BCUT2D eigenvalue weighted by molar-refractivity contribution is 0.0694. The molecule has 74 valence electrons. The molecular formula is C9H15NO3. The molecule has 0 aliphatic heterocycles. The Morgan fingerprint density at radius 2 is 2.31 bits per heavy atom. The van der Waals surface area contributed by atoms with Gasteiger partial charge in [-0.15, -0.1) is 0 Å². The summed E-state index contributed by atoms with van der Waals surface area (Å²) in [6, 6.07) is 1.87. The van der Waals surface area contributed by atoms with Crippen molar-refractivity contribution in [2.75, 3.05) is 26.9 Å². The summed E-state index contributed by atoms with van der Waals surface area (Å²) in [7, 11) is 1.67. The van der Waals surface area contributed by atoms with Gasteiger partial charge in [-0.2, -0.15) is 0 Å². The third kappa shape index (κ3) is 4.65. The van der Waals surface area contributed by atoms with Gasteiger partial charge in [-0.3, -0.25) is 0 Å². The molecule has 0 fully saturated rings. The van der Waals surface area contributed by atoms with Gasteiger partial charge >= 0.3 is 0 Å². The molecule has 4 nitrogen and oxygen atoms in total. The first-order valence-corrected chi connectivity index (χ1v) is 4.39. The van der Waals surface area contributed by atoms with Crippen molar-refractivity contribution in [1.29, 1.82) is 0 Å². The molecule has 4 heteroatoms. The Balaban J connectivity index is 1.90. The normalized spacial score (nSPS) is 10.5. The first kappa shape index (κ1) is 10.2. The summed E-state index contributed by atoms with van der Waals surface area (Å²) in [6.07, 6.45) is 3.46. The number of aryl methyl sites for hydroxylation is 1. The summed E-state index contributed by atoms with van der Waals surface area (Å²) in [5.41, 5.74) is 0.982. The highest BCUT2D eigenvalue weighted by atomic mass is 16.5. The van der Waals surface area contributed by atoms with Crippen molar-refractivity contribution in [2.24, 2.45) is 0 Å². The Hall–Kier alpha value is -0.870. The maximum absolute atomic E-state index is 5.29. The van der Waals surface area contributed by atoms with Crippen molar-refractivity contribution in [3.8, 4) is 0 Å². The topological polar surface area (TPSA) is 44.5 Å². The Morgan fingerprint density at radius 1 is 1.38 bits per heavy atom. The lowest BCUT2D eigenvalue weighted by Crippen LogP contribution is -2.03. The van der Waals surface area contributed by atoms with Gasteiger partial charge in [0.25, 0.3) is 0 Å². The van der Waals surface area contributed by atoms with Crippen molar-refractivity contribution in [2.45, 2.75) is 12.8 Å². The molecule has 0 atom stereocenters. The molecule has 1 rings (SSSR count). The van der Waals surface area contributed by atoms with Crippen LogP contribution in [-0.2, 0) is 15.9 Å². The Bertz CT molecular complexity index is 199. The van der Waals surface area contributed by atoms with Gasteiger partial charge in [-0.25, -0.2) is 0 Å². The summed E-state index contributed by atoms with van der Waals surface area (Å²) in [5.74, 6) is 0. The van der Waals surface area contributed by atoms with Crippen LogP contribution in [0.1, 0.15) is 12.1 Å². The Morgan fingerprint density at radius 3 is 3.00 bits per heavy atom. The number of rotatable bonds is 7. The fourth-order valence-corrected chi connectivity index (χ4v) is 0.966. The third-order valence-corrected chi connectivity index (χ3v) is 1.64. The average Bonchev–Trinajstić information content (AvgIpc) is 2.63. The molecule has 1 aromatic heterocycles. The molecule has 0 N–H and O–H groups in total. The van der Waals surface area contributed by atoms with Gasteiger partial charge in [0, 0.05) is 19.8 Å². The second-order valence-corrected chi connectivity index (χ2v) is 2.70. The van der Waals surface area contributed by atoms with Crippen LogP contribution in [0, 0.1) is 0 Å². The van der Waals surface area contributed by atoms with Crippen molar-refractivity contribution in [3.63, 3.8) is 0 Å². The average molecular weight is 185 g/mol. The second-order valence-electron chi connectivity index (χ2n) is 2.70. The van der Waals surface area contributed by atoms with Crippen molar-refractivity contribution in [3.05, 3.63) is 18.0 Å². The molecule has 0 aliphatic rings. The lowest BCUT2D eigenvalue weighted by atomic mass is 10.2. The van der Waals surface area contributed by atoms with E-state index in [4.69, 9.17) is 14.0 Å². The zero-order valence-electron chi connectivity index (χ0n) is 7.86. The van der Waals surface area contributed by atoms with E-state index in [1.165, 1.54) is 0 Å². The van der Waals surface area contributed by atoms with Crippen LogP contribution >= 0.6 is 0 Å². The molecular weight excluding hydrogens is 170 g/mol. The number of ether oxygens (including phenoxy) is 2. The molecule has 0 unspecified atom stereocenters. The van der Waals surface area contributed by atoms with Crippen molar-refractivity contribution in [1.82, 2.24) is 5.16 Å². The van der Waals surface area contributed by atoms with Crippen molar-refractivity contribution < 1.29 is 14.0 Å². The lowest BCUT2D eigenvalue weighted by Gasteiger charge is -2.01. The van der Waals surface area contributed by atoms with E-state index in [-0.39, 0.29) is 0 Å². The van der Waals surface area contributed by atoms with E-state index in [0.717, 1.165) is 25.1 Å². The van der Waals surface area contributed by atoms with E-state index >= 15 is 0 Å². The molecule has 0 spiro atoms. The fourth-order valence-electron chi connectivity index (χ4n) is 0.966. The Kier molecular flexibility index (Phi) is 5.20. The van der Waals surface area contributed by atoms with Gasteiger partial charge in [0.2, 0.25) is 0 Å². The zero-order valence-corrected chi connectivity index (χ0v) is 7.86. The van der Waals surface area contributed by atoms with Crippen LogP contribution in [0.4, 0.5) is 0 Å². The van der Waals surface area contributed by atoms with Crippen LogP contribution in [0.3, 0.4) is 0 Å². The first-order valence-electron chi connectivity index (χ1n) is 4.39. The van der Waals surface area contributed by atoms with Crippen molar-refractivity contribution >= 4 is 0 Å². The summed E-state index contributed by atoms with van der Waals surface area (Å²) in [5, 5.41) is 3.79. The zero-order chi connectivity index (χ0) is 9.36. The number of hydrogen-bond donors (Lipinski definition) is 0. The highest BCUT2D eigenvalue weighted by molar-refractivity contribution is 4.94. The molecule has 0 saturated carbocycles. The quantitative estimate of drug-likeness (QED) is 0.600. The molecule has 1 heterocycles. The molecule has 0 amide bonds. The van der Waals surface area contributed by atoms with Crippen LogP contribution in [-0.4, -0.2) is 32.1 Å². The smallest absolute Gasteiger partial charge is 0.124 e. The van der Waals surface area contributed by atoms with Gasteiger partial charge in [0.15, 0.2) is 0 Å². The minimum Gasteiger partial charge on any atom is -0.382 e. The standard InChI is InChI=1S/C9H15NO3/c1-11-7-8-12-5-2-3-9-4-6-13-10-9/h4,6H,2-3,5,7-8H2,1H3. The van der Waals surface area contributed by atoms with Gasteiger partial charge < -0.3 is 14.0 Å². The maximum atomic E-state index is 5.29. The van der Waals surface area contributed by atoms with Gasteiger partial charge in [-0.05, 0) is 12.8 Å². The largest absolute Gasteiger partial charge is 0.382 e. The van der Waals surface area contributed by atoms with Crippen LogP contribution in [0.2, 0.25) is 0 Å².